The van der Waals surface area contributed by atoms with E-state index in [4.69, 9.17) is 5.73 Å². The summed E-state index contributed by atoms with van der Waals surface area (Å²) in [7, 11) is 1.81. The first-order chi connectivity index (χ1) is 7.13. The fourth-order valence-corrected chi connectivity index (χ4v) is 1.29. The van der Waals surface area contributed by atoms with Crippen molar-refractivity contribution >= 4 is 24.0 Å². The van der Waals surface area contributed by atoms with Gasteiger partial charge in [0.2, 0.25) is 5.91 Å². The molecule has 0 radical (unpaired) electrons. The number of nitrogen functional groups attached to an aromatic ring is 1. The second-order valence-corrected chi connectivity index (χ2v) is 3.57. The van der Waals surface area contributed by atoms with E-state index >= 15 is 0 Å². The number of likely N-dealkylation sites (N-methyl/N-ethyl adjacent to an activating group) is 1. The van der Waals surface area contributed by atoms with Gasteiger partial charge in [-0.05, 0) is 18.6 Å². The lowest BCUT2D eigenvalue weighted by Crippen LogP contribution is -2.29. The summed E-state index contributed by atoms with van der Waals surface area (Å²) in [4.78, 5) is 17.5. The van der Waals surface area contributed by atoms with E-state index in [-0.39, 0.29) is 18.3 Å². The van der Waals surface area contributed by atoms with Gasteiger partial charge in [-0.3, -0.25) is 9.78 Å². The van der Waals surface area contributed by atoms with Crippen LogP contribution in [0.15, 0.2) is 18.3 Å². The Kier molecular flexibility index (Phi) is 6.49. The van der Waals surface area contributed by atoms with Crippen LogP contribution in [0.1, 0.15) is 19.0 Å². The summed E-state index contributed by atoms with van der Waals surface area (Å²) in [6, 6.07) is 3.54. The highest BCUT2D eigenvalue weighted by atomic mass is 35.5. The summed E-state index contributed by atoms with van der Waals surface area (Å²) in [6.07, 6.45) is 2.89. The van der Waals surface area contributed by atoms with Crippen LogP contribution in [0.2, 0.25) is 0 Å². The molecule has 0 atom stereocenters. The van der Waals surface area contributed by atoms with Gasteiger partial charge in [0.1, 0.15) is 0 Å². The number of carbonyl (C=O) groups excluding carboxylic acids is 1. The Morgan fingerprint density at radius 2 is 2.19 bits per heavy atom. The molecule has 5 heteroatoms. The molecule has 0 aromatic carbocycles. The van der Waals surface area contributed by atoms with Crippen molar-refractivity contribution in [1.29, 1.82) is 0 Å². The number of amides is 1. The van der Waals surface area contributed by atoms with Crippen LogP contribution in [0.25, 0.3) is 0 Å². The van der Waals surface area contributed by atoms with Gasteiger partial charge >= 0.3 is 0 Å². The monoisotopic (exact) mass is 243 g/mol. The first-order valence-electron chi connectivity index (χ1n) is 5.08. The number of aromatic nitrogens is 1. The van der Waals surface area contributed by atoms with Crippen LogP contribution in [-0.2, 0) is 11.2 Å². The van der Waals surface area contributed by atoms with Gasteiger partial charge in [-0.1, -0.05) is 6.92 Å². The van der Waals surface area contributed by atoms with Crippen molar-refractivity contribution < 1.29 is 4.79 Å². The predicted molar refractivity (Wildman–Crippen MR) is 67.5 cm³/mol. The summed E-state index contributed by atoms with van der Waals surface area (Å²) in [6.45, 7) is 2.83. The molecule has 2 N–H and O–H groups in total. The highest BCUT2D eigenvalue weighted by Gasteiger charge is 2.08. The average Bonchev–Trinajstić information content (AvgIpc) is 2.22. The summed E-state index contributed by atoms with van der Waals surface area (Å²) < 4.78 is 0. The highest BCUT2D eigenvalue weighted by Crippen LogP contribution is 2.03. The molecule has 1 amide bonds. The van der Waals surface area contributed by atoms with Crippen LogP contribution < -0.4 is 5.73 Å². The molecule has 1 rings (SSSR count). The molecule has 1 aromatic heterocycles. The lowest BCUT2D eigenvalue weighted by molar-refractivity contribution is -0.129. The molecule has 4 nitrogen and oxygen atoms in total. The third-order valence-corrected chi connectivity index (χ3v) is 2.16. The number of rotatable bonds is 4. The Morgan fingerprint density at radius 1 is 1.50 bits per heavy atom. The van der Waals surface area contributed by atoms with Gasteiger partial charge in [0.15, 0.2) is 0 Å². The molecule has 0 aliphatic carbocycles. The Bertz CT molecular complexity index is 327. The minimum absolute atomic E-state index is 0. The van der Waals surface area contributed by atoms with E-state index < -0.39 is 0 Å². The van der Waals surface area contributed by atoms with E-state index in [1.165, 1.54) is 0 Å². The van der Waals surface area contributed by atoms with E-state index in [1.54, 1.807) is 23.2 Å². The van der Waals surface area contributed by atoms with Crippen molar-refractivity contribution in [2.24, 2.45) is 0 Å². The number of nitrogens with two attached hydrogens (primary N) is 1. The number of halogens is 1. The molecule has 1 heterocycles. The molecule has 0 bridgehead atoms. The molecular formula is C11H18ClN3O. The maximum absolute atomic E-state index is 11.6. The molecule has 0 saturated carbocycles. The molecule has 0 aliphatic heterocycles. The minimum atomic E-state index is 0. The molecule has 90 valence electrons. The highest BCUT2D eigenvalue weighted by molar-refractivity contribution is 5.85. The number of nitrogens with zero attached hydrogens (tertiary/aromatic N) is 2. The summed E-state index contributed by atoms with van der Waals surface area (Å²) in [5, 5.41) is 0. The number of hydrogen-bond donors (Lipinski definition) is 1. The quantitative estimate of drug-likeness (QED) is 0.872. The van der Waals surface area contributed by atoms with E-state index in [0.29, 0.717) is 12.1 Å². The molecule has 16 heavy (non-hydrogen) atoms. The second-order valence-electron chi connectivity index (χ2n) is 3.57. The van der Waals surface area contributed by atoms with Crippen LogP contribution in [0.3, 0.4) is 0 Å². The zero-order chi connectivity index (χ0) is 11.3. The van der Waals surface area contributed by atoms with Crippen LogP contribution in [-0.4, -0.2) is 29.4 Å². The normalized spacial score (nSPS) is 9.38. The molecule has 0 aliphatic rings. The topological polar surface area (TPSA) is 59.2 Å². The predicted octanol–water partition coefficient (Wildman–Crippen LogP) is 1.50. The van der Waals surface area contributed by atoms with E-state index in [2.05, 4.69) is 4.98 Å². The molecule has 1 aromatic rings. The largest absolute Gasteiger partial charge is 0.397 e. The summed E-state index contributed by atoms with van der Waals surface area (Å²) in [5.41, 5.74) is 6.89. The van der Waals surface area contributed by atoms with Crippen molar-refractivity contribution in [1.82, 2.24) is 9.88 Å². The number of carbonyl (C=O) groups is 1. The third-order valence-electron chi connectivity index (χ3n) is 2.16. The molecule has 0 unspecified atom stereocenters. The Morgan fingerprint density at radius 3 is 2.69 bits per heavy atom. The maximum atomic E-state index is 11.6. The minimum Gasteiger partial charge on any atom is -0.397 e. The standard InChI is InChI=1S/C11H17N3O.ClH/c1-3-6-14(2)11(15)7-10-5-4-9(12)8-13-10;/h4-5,8H,3,6-7,12H2,1-2H3;1H. The molecule has 0 fully saturated rings. The van der Waals surface area contributed by atoms with Crippen LogP contribution in [0.4, 0.5) is 5.69 Å². The van der Waals surface area contributed by atoms with Crippen molar-refractivity contribution in [2.75, 3.05) is 19.3 Å². The van der Waals surface area contributed by atoms with Gasteiger partial charge < -0.3 is 10.6 Å². The number of hydrogen-bond acceptors (Lipinski definition) is 3. The van der Waals surface area contributed by atoms with Gasteiger partial charge in [0.05, 0.1) is 18.3 Å². The smallest absolute Gasteiger partial charge is 0.228 e. The van der Waals surface area contributed by atoms with E-state index in [0.717, 1.165) is 18.7 Å². The molecular weight excluding hydrogens is 226 g/mol. The zero-order valence-corrected chi connectivity index (χ0v) is 10.5. The Labute approximate surface area is 102 Å². The Balaban J connectivity index is 0.00000225. The summed E-state index contributed by atoms with van der Waals surface area (Å²) in [5.74, 6) is 0.0918. The molecule has 0 saturated heterocycles. The second kappa shape index (κ2) is 7.06. The first kappa shape index (κ1) is 14.7. The van der Waals surface area contributed by atoms with E-state index in [9.17, 15) is 4.79 Å². The SMILES string of the molecule is CCCN(C)C(=O)Cc1ccc(N)cn1.Cl. The Hall–Kier alpha value is -1.29. The summed E-state index contributed by atoms with van der Waals surface area (Å²) >= 11 is 0. The van der Waals surface area contributed by atoms with E-state index in [1.807, 2.05) is 14.0 Å². The van der Waals surface area contributed by atoms with Crippen molar-refractivity contribution in [2.45, 2.75) is 19.8 Å². The van der Waals surface area contributed by atoms with Gasteiger partial charge in [0.25, 0.3) is 0 Å². The fourth-order valence-electron chi connectivity index (χ4n) is 1.29. The van der Waals surface area contributed by atoms with Crippen molar-refractivity contribution in [3.63, 3.8) is 0 Å². The van der Waals surface area contributed by atoms with Gasteiger partial charge in [-0.2, -0.15) is 0 Å². The molecule has 0 spiro atoms. The third kappa shape index (κ3) is 4.49. The zero-order valence-electron chi connectivity index (χ0n) is 9.64. The number of pyridine rings is 1. The first-order valence-corrected chi connectivity index (χ1v) is 5.08. The van der Waals surface area contributed by atoms with Gasteiger partial charge in [0, 0.05) is 19.3 Å². The lowest BCUT2D eigenvalue weighted by Gasteiger charge is -2.15. The fraction of sp³-hybridized carbons (Fsp3) is 0.455. The lowest BCUT2D eigenvalue weighted by atomic mass is 10.2. The van der Waals surface area contributed by atoms with Crippen LogP contribution >= 0.6 is 12.4 Å². The number of anilines is 1. The van der Waals surface area contributed by atoms with Crippen LogP contribution in [0.5, 0.6) is 0 Å². The average molecular weight is 244 g/mol. The van der Waals surface area contributed by atoms with Gasteiger partial charge in [-0.15, -0.1) is 12.4 Å². The maximum Gasteiger partial charge on any atom is 0.228 e. The van der Waals surface area contributed by atoms with Crippen LogP contribution in [0, 0.1) is 0 Å². The van der Waals surface area contributed by atoms with Crippen molar-refractivity contribution in [3.8, 4) is 0 Å². The van der Waals surface area contributed by atoms with Crippen molar-refractivity contribution in [3.05, 3.63) is 24.0 Å². The van der Waals surface area contributed by atoms with Gasteiger partial charge in [-0.25, -0.2) is 0 Å².